The first kappa shape index (κ1) is 14.3. The van der Waals surface area contributed by atoms with Crippen LogP contribution in [0.5, 0.6) is 0 Å². The van der Waals surface area contributed by atoms with Crippen LogP contribution in [0.25, 0.3) is 11.2 Å². The molecular formula is C14H18BrClN4. The van der Waals surface area contributed by atoms with E-state index in [4.69, 9.17) is 16.6 Å². The molecule has 1 unspecified atom stereocenters. The topological polar surface area (TPSA) is 34.0 Å². The molecule has 6 heteroatoms. The Morgan fingerprint density at radius 2 is 2.35 bits per heavy atom. The Balaban J connectivity index is 1.95. The average molecular weight is 358 g/mol. The number of halogens is 2. The number of hydrogen-bond donors (Lipinski definition) is 0. The predicted molar refractivity (Wildman–Crippen MR) is 85.3 cm³/mol. The van der Waals surface area contributed by atoms with Crippen molar-refractivity contribution >= 4 is 38.7 Å². The molecule has 0 N–H and O–H groups in total. The van der Waals surface area contributed by atoms with E-state index in [0.717, 1.165) is 41.0 Å². The van der Waals surface area contributed by atoms with Crippen LogP contribution in [0.3, 0.4) is 0 Å². The number of nitrogens with zero attached hydrogens (tertiary/aromatic N) is 4. The fourth-order valence-electron chi connectivity index (χ4n) is 2.93. The largest absolute Gasteiger partial charge is 0.312 e. The number of hydrogen-bond acceptors (Lipinski definition) is 3. The molecule has 0 saturated carbocycles. The van der Waals surface area contributed by atoms with Crippen LogP contribution in [0.1, 0.15) is 12.2 Å². The van der Waals surface area contributed by atoms with E-state index in [-0.39, 0.29) is 0 Å². The normalized spacial score (nSPS) is 20.1. The maximum atomic E-state index is 5.92. The van der Waals surface area contributed by atoms with E-state index in [2.05, 4.69) is 37.4 Å². The third-order valence-corrected chi connectivity index (χ3v) is 4.50. The Bertz CT molecular complexity index is 612. The highest BCUT2D eigenvalue weighted by atomic mass is 79.9. The van der Waals surface area contributed by atoms with Crippen molar-refractivity contribution in [2.75, 3.05) is 26.0 Å². The summed E-state index contributed by atoms with van der Waals surface area (Å²) in [6.07, 6.45) is 3.87. The Labute approximate surface area is 132 Å². The second-order valence-corrected chi connectivity index (χ2v) is 6.78. The summed E-state index contributed by atoms with van der Waals surface area (Å²) in [6, 6.07) is 2.03. The number of aromatic nitrogens is 3. The van der Waals surface area contributed by atoms with Crippen LogP contribution in [0.4, 0.5) is 0 Å². The lowest BCUT2D eigenvalue weighted by atomic mass is 10.1. The number of alkyl halides is 1. The van der Waals surface area contributed by atoms with Crippen LogP contribution < -0.4 is 0 Å². The fraction of sp³-hybridized carbons (Fsp3) is 0.571. The van der Waals surface area contributed by atoms with E-state index >= 15 is 0 Å². The highest BCUT2D eigenvalue weighted by molar-refractivity contribution is 9.10. The maximum Gasteiger partial charge on any atom is 0.160 e. The van der Waals surface area contributed by atoms with Gasteiger partial charge < -0.3 is 9.47 Å². The number of likely N-dealkylation sites (tertiary alicyclic amines) is 1. The molecule has 1 aliphatic heterocycles. The summed E-state index contributed by atoms with van der Waals surface area (Å²) in [7, 11) is 2.18. The molecule has 0 bridgehead atoms. The van der Waals surface area contributed by atoms with Gasteiger partial charge >= 0.3 is 0 Å². The van der Waals surface area contributed by atoms with Crippen LogP contribution in [-0.4, -0.2) is 45.5 Å². The maximum absolute atomic E-state index is 5.92. The second-order valence-electron chi connectivity index (χ2n) is 5.49. The predicted octanol–water partition coefficient (Wildman–Crippen LogP) is 2.93. The summed E-state index contributed by atoms with van der Waals surface area (Å²) in [6.45, 7) is 3.32. The quantitative estimate of drug-likeness (QED) is 0.789. The molecule has 0 aliphatic carbocycles. The molecule has 1 aliphatic rings. The second kappa shape index (κ2) is 6.00. The molecule has 20 heavy (non-hydrogen) atoms. The van der Waals surface area contributed by atoms with E-state index in [1.165, 1.54) is 13.0 Å². The van der Waals surface area contributed by atoms with E-state index in [9.17, 15) is 0 Å². The van der Waals surface area contributed by atoms with E-state index < -0.39 is 0 Å². The van der Waals surface area contributed by atoms with Crippen molar-refractivity contribution in [3.63, 3.8) is 0 Å². The van der Waals surface area contributed by atoms with Gasteiger partial charge in [0.15, 0.2) is 5.65 Å². The molecule has 0 amide bonds. The van der Waals surface area contributed by atoms with Crippen molar-refractivity contribution in [2.24, 2.45) is 5.92 Å². The molecular weight excluding hydrogens is 340 g/mol. The molecule has 1 saturated heterocycles. The zero-order valence-corrected chi connectivity index (χ0v) is 13.9. The van der Waals surface area contributed by atoms with Crippen molar-refractivity contribution in [1.82, 2.24) is 19.4 Å². The molecule has 1 fully saturated rings. The van der Waals surface area contributed by atoms with Crippen LogP contribution in [0, 0.1) is 5.92 Å². The first-order valence-corrected chi connectivity index (χ1v) is 8.25. The van der Waals surface area contributed by atoms with Gasteiger partial charge in [0.05, 0.1) is 0 Å². The molecule has 0 radical (unpaired) electrons. The molecule has 3 rings (SSSR count). The van der Waals surface area contributed by atoms with Crippen LogP contribution >= 0.6 is 27.5 Å². The number of fused-ring (bicyclic) bond motifs is 1. The van der Waals surface area contributed by atoms with Crippen molar-refractivity contribution < 1.29 is 0 Å². The van der Waals surface area contributed by atoms with Crippen molar-refractivity contribution in [3.8, 4) is 0 Å². The molecule has 0 aromatic carbocycles. The number of imidazole rings is 1. The van der Waals surface area contributed by atoms with Gasteiger partial charge in [0.25, 0.3) is 0 Å². The minimum Gasteiger partial charge on any atom is -0.312 e. The lowest BCUT2D eigenvalue weighted by molar-refractivity contribution is 0.377. The fourth-order valence-corrected chi connectivity index (χ4v) is 3.42. The van der Waals surface area contributed by atoms with Crippen LogP contribution in [-0.2, 0) is 13.0 Å². The molecule has 2 aromatic heterocycles. The van der Waals surface area contributed by atoms with E-state index in [1.807, 2.05) is 12.3 Å². The molecule has 4 nitrogen and oxygen atoms in total. The highest BCUT2D eigenvalue weighted by Gasteiger charge is 2.22. The summed E-state index contributed by atoms with van der Waals surface area (Å²) in [5.41, 5.74) is 1.92. The third kappa shape index (κ3) is 2.85. The zero-order chi connectivity index (χ0) is 14.1. The Kier molecular flexibility index (Phi) is 4.29. The van der Waals surface area contributed by atoms with E-state index in [0.29, 0.717) is 11.8 Å². The minimum atomic E-state index is 0.592. The smallest absolute Gasteiger partial charge is 0.160 e. The number of rotatable bonds is 4. The van der Waals surface area contributed by atoms with Crippen LogP contribution in [0.15, 0.2) is 16.7 Å². The summed E-state index contributed by atoms with van der Waals surface area (Å²) >= 11 is 9.37. The first-order valence-electron chi connectivity index (χ1n) is 6.92. The Morgan fingerprint density at radius 3 is 3.05 bits per heavy atom. The van der Waals surface area contributed by atoms with Gasteiger partial charge in [-0.15, -0.1) is 11.6 Å². The van der Waals surface area contributed by atoms with Gasteiger partial charge in [0.1, 0.15) is 11.3 Å². The first-order chi connectivity index (χ1) is 9.67. The summed E-state index contributed by atoms with van der Waals surface area (Å²) < 4.78 is 3.22. The van der Waals surface area contributed by atoms with Crippen molar-refractivity contribution in [2.45, 2.75) is 19.4 Å². The summed E-state index contributed by atoms with van der Waals surface area (Å²) in [4.78, 5) is 11.6. The van der Waals surface area contributed by atoms with Gasteiger partial charge in [-0.25, -0.2) is 9.97 Å². The van der Waals surface area contributed by atoms with Gasteiger partial charge in [-0.05, 0) is 47.9 Å². The Morgan fingerprint density at radius 1 is 1.50 bits per heavy atom. The lowest BCUT2D eigenvalue weighted by Crippen LogP contribution is -2.18. The van der Waals surface area contributed by atoms with Gasteiger partial charge in [0.2, 0.25) is 0 Å². The summed E-state index contributed by atoms with van der Waals surface area (Å²) in [5.74, 6) is 2.32. The van der Waals surface area contributed by atoms with E-state index in [1.54, 1.807) is 0 Å². The number of aryl methyl sites for hydroxylation is 1. The third-order valence-electron chi connectivity index (χ3n) is 3.88. The minimum absolute atomic E-state index is 0.592. The highest BCUT2D eigenvalue weighted by Crippen LogP contribution is 2.23. The van der Waals surface area contributed by atoms with Crippen molar-refractivity contribution in [1.29, 1.82) is 0 Å². The Hall–Kier alpha value is -0.650. The molecule has 0 spiro atoms. The molecule has 108 valence electrons. The van der Waals surface area contributed by atoms with Crippen LogP contribution in [0.2, 0.25) is 0 Å². The van der Waals surface area contributed by atoms with Crippen molar-refractivity contribution in [3.05, 3.63) is 22.6 Å². The van der Waals surface area contributed by atoms with Gasteiger partial charge in [0, 0.05) is 36.1 Å². The van der Waals surface area contributed by atoms with Gasteiger partial charge in [-0.1, -0.05) is 0 Å². The summed E-state index contributed by atoms with van der Waals surface area (Å²) in [5, 5.41) is 0. The number of pyridine rings is 1. The molecule has 3 heterocycles. The average Bonchev–Trinajstić information content (AvgIpc) is 2.95. The lowest BCUT2D eigenvalue weighted by Gasteiger charge is -2.14. The standard InChI is InChI=1S/C14H18BrClN4/c1-19-5-3-10(8-19)9-20-13(2-4-16)18-12-6-11(15)7-17-14(12)20/h6-7,10H,2-5,8-9H2,1H3. The molecule has 2 aromatic rings. The van der Waals surface area contributed by atoms with Gasteiger partial charge in [-0.2, -0.15) is 0 Å². The van der Waals surface area contributed by atoms with Gasteiger partial charge in [-0.3, -0.25) is 0 Å². The monoisotopic (exact) mass is 356 g/mol. The zero-order valence-electron chi connectivity index (χ0n) is 11.5. The SMILES string of the molecule is CN1CCC(Cn2c(CCCl)nc3cc(Br)cnc32)C1. The molecule has 1 atom stereocenters.